The first kappa shape index (κ1) is 19.3. The molecule has 0 spiro atoms. The van der Waals surface area contributed by atoms with Crippen molar-refractivity contribution in [3.05, 3.63) is 0 Å². The standard InChI is InChI=1S/C14H32O5Si2/c1-6-18-14-10-8-11-20(14,19-7-2)12-9-13-21(15-3,16-4)17-5/h14H,6-13H2,1-5H3. The van der Waals surface area contributed by atoms with Crippen molar-refractivity contribution in [1.29, 1.82) is 0 Å². The lowest BCUT2D eigenvalue weighted by Crippen LogP contribution is -2.49. The van der Waals surface area contributed by atoms with Gasteiger partial charge in [0.15, 0.2) is 0 Å². The average molecular weight is 337 g/mol. The fraction of sp³-hybridized carbons (Fsp3) is 1.00. The molecule has 0 aromatic carbocycles. The maximum Gasteiger partial charge on any atom is 0.500 e. The van der Waals surface area contributed by atoms with Crippen LogP contribution in [0.4, 0.5) is 0 Å². The molecule has 0 radical (unpaired) electrons. The summed E-state index contributed by atoms with van der Waals surface area (Å²) in [5.41, 5.74) is 0.353. The molecule has 0 aliphatic carbocycles. The second kappa shape index (κ2) is 9.39. The van der Waals surface area contributed by atoms with Gasteiger partial charge in [-0.15, -0.1) is 0 Å². The fourth-order valence-electron chi connectivity index (χ4n) is 3.42. The molecular weight excluding hydrogens is 304 g/mol. The maximum absolute atomic E-state index is 6.28. The Morgan fingerprint density at radius 2 is 1.71 bits per heavy atom. The van der Waals surface area contributed by atoms with Crippen molar-refractivity contribution in [1.82, 2.24) is 0 Å². The second-order valence-corrected chi connectivity index (χ2v) is 12.6. The van der Waals surface area contributed by atoms with Gasteiger partial charge in [0.2, 0.25) is 8.32 Å². The summed E-state index contributed by atoms with van der Waals surface area (Å²) in [6, 6.07) is 3.17. The molecule has 7 heteroatoms. The normalized spacial score (nSPS) is 26.4. The predicted molar refractivity (Wildman–Crippen MR) is 87.8 cm³/mol. The third-order valence-corrected chi connectivity index (χ3v) is 12.2. The van der Waals surface area contributed by atoms with Crippen LogP contribution in [0.2, 0.25) is 18.1 Å². The molecule has 2 unspecified atom stereocenters. The first-order valence-electron chi connectivity index (χ1n) is 8.03. The van der Waals surface area contributed by atoms with Gasteiger partial charge in [0.25, 0.3) is 0 Å². The summed E-state index contributed by atoms with van der Waals surface area (Å²) >= 11 is 0. The van der Waals surface area contributed by atoms with Crippen LogP contribution in [0, 0.1) is 0 Å². The van der Waals surface area contributed by atoms with Crippen LogP contribution in [0.15, 0.2) is 0 Å². The molecule has 0 aromatic heterocycles. The Morgan fingerprint density at radius 1 is 1.05 bits per heavy atom. The Hall–Kier alpha value is 0.234. The van der Waals surface area contributed by atoms with E-state index in [2.05, 4.69) is 13.8 Å². The van der Waals surface area contributed by atoms with E-state index >= 15 is 0 Å². The summed E-state index contributed by atoms with van der Waals surface area (Å²) in [5, 5.41) is 0. The van der Waals surface area contributed by atoms with Crippen molar-refractivity contribution < 1.29 is 22.4 Å². The first-order chi connectivity index (χ1) is 10.1. The Balaban J connectivity index is 2.62. The zero-order valence-corrected chi connectivity index (χ0v) is 16.3. The minimum atomic E-state index is -2.46. The van der Waals surface area contributed by atoms with Crippen molar-refractivity contribution in [2.75, 3.05) is 34.5 Å². The molecule has 1 aliphatic rings. The number of hydrogen-bond acceptors (Lipinski definition) is 5. The summed E-state index contributed by atoms with van der Waals surface area (Å²) in [7, 11) is 0.775. The van der Waals surface area contributed by atoms with Gasteiger partial charge in [-0.3, -0.25) is 0 Å². The SMILES string of the molecule is CCOC1CCC[Si]1(CCC[Si](OC)(OC)OC)OCC. The van der Waals surface area contributed by atoms with E-state index in [1.807, 2.05) is 0 Å². The van der Waals surface area contributed by atoms with Crippen LogP contribution in [-0.2, 0) is 22.4 Å². The third-order valence-electron chi connectivity index (χ3n) is 4.47. The van der Waals surface area contributed by atoms with E-state index in [1.165, 1.54) is 12.5 Å². The van der Waals surface area contributed by atoms with Gasteiger partial charge in [0, 0.05) is 40.6 Å². The molecule has 21 heavy (non-hydrogen) atoms. The lowest BCUT2D eigenvalue weighted by Gasteiger charge is -2.33. The largest absolute Gasteiger partial charge is 0.500 e. The quantitative estimate of drug-likeness (QED) is 0.543. The van der Waals surface area contributed by atoms with Crippen LogP contribution in [0.3, 0.4) is 0 Å². The van der Waals surface area contributed by atoms with Crippen molar-refractivity contribution in [3.63, 3.8) is 0 Å². The lowest BCUT2D eigenvalue weighted by atomic mass is 10.4. The van der Waals surface area contributed by atoms with Gasteiger partial charge in [0.05, 0.1) is 5.73 Å². The second-order valence-electron chi connectivity index (χ2n) is 5.48. The van der Waals surface area contributed by atoms with Crippen LogP contribution >= 0.6 is 0 Å². The number of rotatable bonds is 11. The molecule has 126 valence electrons. The fourth-order valence-corrected chi connectivity index (χ4v) is 10.2. The summed E-state index contributed by atoms with van der Waals surface area (Å²) in [6.07, 6.45) is 3.41. The summed E-state index contributed by atoms with van der Waals surface area (Å²) < 4.78 is 28.8. The van der Waals surface area contributed by atoms with Gasteiger partial charge in [0.1, 0.15) is 0 Å². The molecule has 2 atom stereocenters. The summed E-state index contributed by atoms with van der Waals surface area (Å²) in [4.78, 5) is 0. The Morgan fingerprint density at radius 3 is 2.24 bits per heavy atom. The molecule has 0 aromatic rings. The molecule has 1 fully saturated rings. The molecule has 1 rings (SSSR count). The van der Waals surface area contributed by atoms with Gasteiger partial charge in [-0.2, -0.15) is 0 Å². The highest BCUT2D eigenvalue weighted by Gasteiger charge is 2.48. The van der Waals surface area contributed by atoms with Crippen LogP contribution in [-0.4, -0.2) is 57.4 Å². The van der Waals surface area contributed by atoms with Crippen molar-refractivity contribution in [3.8, 4) is 0 Å². The van der Waals surface area contributed by atoms with Crippen LogP contribution in [0.1, 0.15) is 33.1 Å². The summed E-state index contributed by atoms with van der Waals surface area (Å²) in [5.74, 6) is 0. The Kier molecular flexibility index (Phi) is 8.62. The number of hydrogen-bond donors (Lipinski definition) is 0. The summed E-state index contributed by atoms with van der Waals surface area (Å²) in [6.45, 7) is 5.73. The van der Waals surface area contributed by atoms with Gasteiger partial charge in [-0.05, 0) is 38.8 Å². The highest BCUT2D eigenvalue weighted by molar-refractivity contribution is 6.76. The minimum Gasteiger partial charge on any atom is -0.414 e. The molecule has 5 nitrogen and oxygen atoms in total. The molecule has 0 N–H and O–H groups in total. The average Bonchev–Trinajstić information content (AvgIpc) is 2.88. The van der Waals surface area contributed by atoms with Crippen LogP contribution < -0.4 is 0 Å². The molecule has 0 amide bonds. The minimum absolute atomic E-state index is 0.353. The van der Waals surface area contributed by atoms with Crippen LogP contribution in [0.5, 0.6) is 0 Å². The van der Waals surface area contributed by atoms with Crippen molar-refractivity contribution in [2.45, 2.75) is 57.0 Å². The molecule has 1 heterocycles. The lowest BCUT2D eigenvalue weighted by molar-refractivity contribution is 0.0940. The van der Waals surface area contributed by atoms with E-state index in [4.69, 9.17) is 22.4 Å². The topological polar surface area (TPSA) is 46.2 Å². The van der Waals surface area contributed by atoms with E-state index in [0.29, 0.717) is 5.73 Å². The molecule has 1 aliphatic heterocycles. The third kappa shape index (κ3) is 4.85. The highest BCUT2D eigenvalue weighted by atomic mass is 28.4. The van der Waals surface area contributed by atoms with E-state index in [0.717, 1.165) is 38.1 Å². The molecule has 1 saturated heterocycles. The first-order valence-corrected chi connectivity index (χ1v) is 12.4. The zero-order chi connectivity index (χ0) is 15.8. The molecule has 0 bridgehead atoms. The van der Waals surface area contributed by atoms with Crippen molar-refractivity contribution in [2.24, 2.45) is 0 Å². The van der Waals surface area contributed by atoms with E-state index in [-0.39, 0.29) is 0 Å². The van der Waals surface area contributed by atoms with Gasteiger partial charge < -0.3 is 22.4 Å². The van der Waals surface area contributed by atoms with E-state index in [1.54, 1.807) is 21.3 Å². The zero-order valence-electron chi connectivity index (χ0n) is 14.3. The Labute approximate surface area is 131 Å². The Bertz CT molecular complexity index is 280. The number of ether oxygens (including phenoxy) is 1. The van der Waals surface area contributed by atoms with Crippen LogP contribution in [0.25, 0.3) is 0 Å². The van der Waals surface area contributed by atoms with E-state index < -0.39 is 17.1 Å². The van der Waals surface area contributed by atoms with Gasteiger partial charge in [-0.1, -0.05) is 6.42 Å². The highest BCUT2D eigenvalue weighted by Crippen LogP contribution is 2.37. The maximum atomic E-state index is 6.28. The predicted octanol–water partition coefficient (Wildman–Crippen LogP) is 2.97. The van der Waals surface area contributed by atoms with Crippen molar-refractivity contribution >= 4 is 17.1 Å². The molecular formula is C14H32O5Si2. The van der Waals surface area contributed by atoms with Gasteiger partial charge >= 0.3 is 8.80 Å². The molecule has 0 saturated carbocycles. The van der Waals surface area contributed by atoms with Gasteiger partial charge in [-0.25, -0.2) is 0 Å². The monoisotopic (exact) mass is 336 g/mol. The smallest absolute Gasteiger partial charge is 0.414 e. The van der Waals surface area contributed by atoms with E-state index in [9.17, 15) is 0 Å².